The highest BCUT2D eigenvalue weighted by Crippen LogP contribution is 2.14. The fourth-order valence-corrected chi connectivity index (χ4v) is 2.17. The van der Waals surface area contributed by atoms with Gasteiger partial charge in [0.05, 0.1) is 20.8 Å². The SMILES string of the molecule is COC(=O)/C=C/C(=O)OCC(CN1C(=O)CCCC1=O)OC(=O)/C=C/C(=O)OC. The Morgan fingerprint density at radius 1 is 0.862 bits per heavy atom. The van der Waals surface area contributed by atoms with Gasteiger partial charge in [-0.05, 0) is 6.42 Å². The van der Waals surface area contributed by atoms with Crippen LogP contribution in [0.2, 0.25) is 0 Å². The predicted molar refractivity (Wildman–Crippen MR) is 93.7 cm³/mol. The van der Waals surface area contributed by atoms with Crippen molar-refractivity contribution in [3.63, 3.8) is 0 Å². The molecule has 1 aliphatic heterocycles. The summed E-state index contributed by atoms with van der Waals surface area (Å²) in [7, 11) is 2.25. The summed E-state index contributed by atoms with van der Waals surface area (Å²) in [5.74, 6) is -4.36. The smallest absolute Gasteiger partial charge is 0.331 e. The maximum absolute atomic E-state index is 11.9. The minimum Gasteiger partial charge on any atom is -0.466 e. The summed E-state index contributed by atoms with van der Waals surface area (Å²) in [5, 5.41) is 0. The highest BCUT2D eigenvalue weighted by molar-refractivity contribution is 5.97. The Bertz CT molecular complexity index is 708. The van der Waals surface area contributed by atoms with E-state index >= 15 is 0 Å². The summed E-state index contributed by atoms with van der Waals surface area (Å²) in [4.78, 5) is 70.3. The number of ether oxygens (including phenoxy) is 4. The van der Waals surface area contributed by atoms with Crippen molar-refractivity contribution < 1.29 is 47.7 Å². The number of hydrogen-bond donors (Lipinski definition) is 0. The molecule has 11 nitrogen and oxygen atoms in total. The number of likely N-dealkylation sites (tertiary alicyclic amines) is 1. The number of carbonyl (C=O) groups is 6. The predicted octanol–water partition coefficient (Wildman–Crippen LogP) is -0.561. The molecule has 1 fully saturated rings. The van der Waals surface area contributed by atoms with Crippen LogP contribution < -0.4 is 0 Å². The van der Waals surface area contributed by atoms with Crippen LogP contribution in [0, 0.1) is 0 Å². The molecular formula is C18H21NO10. The molecule has 0 radical (unpaired) electrons. The molecule has 0 bridgehead atoms. The molecule has 1 atom stereocenters. The normalized spacial score (nSPS) is 15.3. The van der Waals surface area contributed by atoms with Gasteiger partial charge in [-0.3, -0.25) is 14.5 Å². The van der Waals surface area contributed by atoms with Gasteiger partial charge in [0.2, 0.25) is 11.8 Å². The van der Waals surface area contributed by atoms with Crippen LogP contribution in [-0.4, -0.2) is 74.1 Å². The number of imide groups is 1. The van der Waals surface area contributed by atoms with E-state index in [1.54, 1.807) is 0 Å². The van der Waals surface area contributed by atoms with Gasteiger partial charge in [-0.1, -0.05) is 0 Å². The standard InChI is InChI=1S/C18H21NO10/c1-26-15(22)6-8-17(24)28-11-12(29-18(25)9-7-16(23)27-2)10-19-13(20)4-3-5-14(19)21/h6-9,12H,3-5,10-11H2,1-2H3/b8-6+,9-7+. The number of esters is 4. The van der Waals surface area contributed by atoms with E-state index in [2.05, 4.69) is 9.47 Å². The lowest BCUT2D eigenvalue weighted by atomic mass is 10.1. The van der Waals surface area contributed by atoms with E-state index in [-0.39, 0.29) is 19.4 Å². The van der Waals surface area contributed by atoms with Crippen LogP contribution in [0.5, 0.6) is 0 Å². The van der Waals surface area contributed by atoms with E-state index in [9.17, 15) is 28.8 Å². The highest BCUT2D eigenvalue weighted by atomic mass is 16.6. The third-order valence-electron chi connectivity index (χ3n) is 3.58. The molecule has 1 unspecified atom stereocenters. The topological polar surface area (TPSA) is 143 Å². The molecule has 0 spiro atoms. The molecule has 158 valence electrons. The number of piperidine rings is 1. The summed E-state index contributed by atoms with van der Waals surface area (Å²) < 4.78 is 18.6. The van der Waals surface area contributed by atoms with Crippen molar-refractivity contribution in [1.82, 2.24) is 4.90 Å². The molecule has 0 aromatic heterocycles. The Labute approximate surface area is 166 Å². The van der Waals surface area contributed by atoms with E-state index in [1.165, 1.54) is 0 Å². The van der Waals surface area contributed by atoms with Gasteiger partial charge in [-0.2, -0.15) is 0 Å². The summed E-state index contributed by atoms with van der Waals surface area (Å²) in [6.07, 6.45) is 2.81. The summed E-state index contributed by atoms with van der Waals surface area (Å²) >= 11 is 0. The molecule has 0 saturated carbocycles. The van der Waals surface area contributed by atoms with E-state index in [1.807, 2.05) is 0 Å². The van der Waals surface area contributed by atoms with Crippen LogP contribution in [0.4, 0.5) is 0 Å². The third kappa shape index (κ3) is 8.82. The van der Waals surface area contributed by atoms with Crippen molar-refractivity contribution in [2.45, 2.75) is 25.4 Å². The van der Waals surface area contributed by atoms with Gasteiger partial charge in [0, 0.05) is 37.1 Å². The van der Waals surface area contributed by atoms with E-state index < -0.39 is 48.4 Å². The molecule has 0 aromatic carbocycles. The largest absolute Gasteiger partial charge is 0.466 e. The second-order valence-corrected chi connectivity index (χ2v) is 5.65. The maximum Gasteiger partial charge on any atom is 0.331 e. The zero-order chi connectivity index (χ0) is 21.8. The van der Waals surface area contributed by atoms with Gasteiger partial charge in [0.1, 0.15) is 6.61 Å². The molecule has 0 aromatic rings. The molecule has 1 heterocycles. The van der Waals surface area contributed by atoms with Gasteiger partial charge in [-0.15, -0.1) is 0 Å². The van der Waals surface area contributed by atoms with Crippen molar-refractivity contribution in [2.24, 2.45) is 0 Å². The first-order valence-corrected chi connectivity index (χ1v) is 8.49. The molecule has 2 amide bonds. The lowest BCUT2D eigenvalue weighted by Crippen LogP contribution is -2.46. The second-order valence-electron chi connectivity index (χ2n) is 5.65. The van der Waals surface area contributed by atoms with Crippen molar-refractivity contribution in [3.05, 3.63) is 24.3 Å². The van der Waals surface area contributed by atoms with Crippen molar-refractivity contribution in [2.75, 3.05) is 27.4 Å². The number of rotatable bonds is 9. The summed E-state index contributed by atoms with van der Waals surface area (Å²) in [5.41, 5.74) is 0. The van der Waals surface area contributed by atoms with Gasteiger partial charge in [0.15, 0.2) is 6.10 Å². The van der Waals surface area contributed by atoms with Crippen LogP contribution >= 0.6 is 0 Å². The number of amides is 2. The number of carbonyl (C=O) groups excluding carboxylic acids is 6. The van der Waals surface area contributed by atoms with E-state index in [0.717, 1.165) is 43.4 Å². The molecule has 0 aliphatic carbocycles. The van der Waals surface area contributed by atoms with Crippen molar-refractivity contribution >= 4 is 35.7 Å². The molecule has 1 saturated heterocycles. The summed E-state index contributed by atoms with van der Waals surface area (Å²) in [6, 6.07) is 0. The van der Waals surface area contributed by atoms with Gasteiger partial charge >= 0.3 is 23.9 Å². The Morgan fingerprint density at radius 3 is 1.86 bits per heavy atom. The van der Waals surface area contributed by atoms with Crippen LogP contribution in [0.25, 0.3) is 0 Å². The third-order valence-corrected chi connectivity index (χ3v) is 3.58. The van der Waals surface area contributed by atoms with Crippen LogP contribution in [0.15, 0.2) is 24.3 Å². The van der Waals surface area contributed by atoms with E-state index in [4.69, 9.17) is 9.47 Å². The Hall–Kier alpha value is -3.50. The summed E-state index contributed by atoms with van der Waals surface area (Å²) in [6.45, 7) is -0.831. The number of nitrogens with zero attached hydrogens (tertiary/aromatic N) is 1. The van der Waals surface area contributed by atoms with Crippen LogP contribution in [0.1, 0.15) is 19.3 Å². The van der Waals surface area contributed by atoms with Gasteiger partial charge in [-0.25, -0.2) is 19.2 Å². The Kier molecular flexibility index (Phi) is 9.79. The lowest BCUT2D eigenvalue weighted by molar-refractivity contribution is -0.159. The second kappa shape index (κ2) is 12.1. The average molecular weight is 411 g/mol. The molecule has 1 aliphatic rings. The van der Waals surface area contributed by atoms with Crippen molar-refractivity contribution in [1.29, 1.82) is 0 Å². The monoisotopic (exact) mass is 411 g/mol. The molecule has 0 N–H and O–H groups in total. The van der Waals surface area contributed by atoms with E-state index in [0.29, 0.717) is 6.42 Å². The van der Waals surface area contributed by atoms with Crippen LogP contribution in [0.3, 0.4) is 0 Å². The average Bonchev–Trinajstić information content (AvgIpc) is 2.70. The first-order chi connectivity index (χ1) is 13.8. The minimum atomic E-state index is -1.19. The van der Waals surface area contributed by atoms with Crippen molar-refractivity contribution in [3.8, 4) is 0 Å². The fourth-order valence-electron chi connectivity index (χ4n) is 2.17. The highest BCUT2D eigenvalue weighted by Gasteiger charge is 2.30. The maximum atomic E-state index is 11.9. The molecule has 29 heavy (non-hydrogen) atoms. The zero-order valence-corrected chi connectivity index (χ0v) is 16.0. The molecular weight excluding hydrogens is 390 g/mol. The van der Waals surface area contributed by atoms with Gasteiger partial charge in [0.25, 0.3) is 0 Å². The molecule has 1 rings (SSSR count). The minimum absolute atomic E-state index is 0.163. The molecule has 11 heteroatoms. The zero-order valence-electron chi connectivity index (χ0n) is 16.0. The first-order valence-electron chi connectivity index (χ1n) is 8.49. The quantitative estimate of drug-likeness (QED) is 0.210. The fraction of sp³-hybridized carbons (Fsp3) is 0.444. The van der Waals surface area contributed by atoms with Gasteiger partial charge < -0.3 is 18.9 Å². The first kappa shape index (κ1) is 23.5. The lowest BCUT2D eigenvalue weighted by Gasteiger charge is -2.28. The Balaban J connectivity index is 2.78. The Morgan fingerprint density at radius 2 is 1.34 bits per heavy atom. The number of hydrogen-bond acceptors (Lipinski definition) is 10. The number of methoxy groups -OCH3 is 2. The van der Waals surface area contributed by atoms with Crippen LogP contribution in [-0.2, 0) is 47.7 Å².